The summed E-state index contributed by atoms with van der Waals surface area (Å²) >= 11 is 3.27. The van der Waals surface area contributed by atoms with Gasteiger partial charge in [0.2, 0.25) is 0 Å². The molecule has 128 valence electrons. The molecule has 0 saturated carbocycles. The second-order valence-corrected chi connectivity index (χ2v) is 8.19. The summed E-state index contributed by atoms with van der Waals surface area (Å²) in [6, 6.07) is 12.6. The summed E-state index contributed by atoms with van der Waals surface area (Å²) in [5.41, 5.74) is 4.16. The zero-order valence-electron chi connectivity index (χ0n) is 13.5. The number of carbonyl (C=O) groups excluding carboxylic acids is 1. The van der Waals surface area contributed by atoms with E-state index in [1.54, 1.807) is 34.7 Å². The van der Waals surface area contributed by atoms with Gasteiger partial charge in [-0.25, -0.2) is 9.37 Å². The van der Waals surface area contributed by atoms with Crippen LogP contribution in [0.5, 0.6) is 0 Å². The van der Waals surface area contributed by atoms with Crippen LogP contribution in [0.3, 0.4) is 0 Å². The van der Waals surface area contributed by atoms with Crippen molar-refractivity contribution in [3.8, 4) is 0 Å². The Hall–Kier alpha value is -1.92. The quantitative estimate of drug-likeness (QED) is 0.650. The van der Waals surface area contributed by atoms with Crippen molar-refractivity contribution in [2.24, 2.45) is 0 Å². The lowest BCUT2D eigenvalue weighted by Crippen LogP contribution is -2.32. The number of carbonyl (C=O) groups is 1. The third-order valence-corrected chi connectivity index (χ3v) is 6.56. The van der Waals surface area contributed by atoms with E-state index in [0.29, 0.717) is 18.7 Å². The molecule has 1 atom stereocenters. The molecule has 1 aromatic heterocycles. The minimum atomic E-state index is -0.157. The molecule has 2 aromatic carbocycles. The molecule has 3 aromatic rings. The van der Waals surface area contributed by atoms with Crippen molar-refractivity contribution in [1.82, 2.24) is 9.88 Å². The molecule has 2 heterocycles. The van der Waals surface area contributed by atoms with Crippen LogP contribution in [0.1, 0.15) is 27.6 Å². The summed E-state index contributed by atoms with van der Waals surface area (Å²) in [5, 5.41) is 0.1000. The largest absolute Gasteiger partial charge is 0.338 e. The van der Waals surface area contributed by atoms with Gasteiger partial charge in [0.15, 0.2) is 0 Å². The van der Waals surface area contributed by atoms with Gasteiger partial charge in [-0.1, -0.05) is 18.2 Å². The summed E-state index contributed by atoms with van der Waals surface area (Å²) in [5.74, 6) is 0.702. The smallest absolute Gasteiger partial charge is 0.253 e. The van der Waals surface area contributed by atoms with Gasteiger partial charge in [0, 0.05) is 35.2 Å². The van der Waals surface area contributed by atoms with E-state index in [2.05, 4.69) is 4.98 Å². The highest BCUT2D eigenvalue weighted by molar-refractivity contribution is 7.99. The molecule has 1 amide bonds. The van der Waals surface area contributed by atoms with E-state index in [1.165, 1.54) is 6.07 Å². The molecule has 0 spiro atoms. The first-order chi connectivity index (χ1) is 12.2. The molecule has 0 unspecified atom stereocenters. The minimum absolute atomic E-state index is 0.0464. The zero-order valence-corrected chi connectivity index (χ0v) is 15.2. The van der Waals surface area contributed by atoms with Gasteiger partial charge < -0.3 is 4.90 Å². The van der Waals surface area contributed by atoms with E-state index in [-0.39, 0.29) is 17.0 Å². The van der Waals surface area contributed by atoms with Gasteiger partial charge in [-0.15, -0.1) is 11.3 Å². The number of rotatable bonds is 2. The SMILES string of the molecule is O=C(c1ccc2ncsc2c1)N1CCS[C@H](c2ccccc2F)CC1. The lowest BCUT2D eigenvalue weighted by molar-refractivity contribution is 0.0766. The van der Waals surface area contributed by atoms with Gasteiger partial charge in [0.05, 0.1) is 15.7 Å². The standard InChI is InChI=1S/C19H17FN2OS2/c20-15-4-2-1-3-14(15)17-7-8-22(9-10-24-17)19(23)13-5-6-16-18(11-13)25-12-21-16/h1-6,11-12,17H,7-10H2/t17-/m0/s1. The van der Waals surface area contributed by atoms with Gasteiger partial charge in [0.25, 0.3) is 5.91 Å². The number of halogens is 1. The van der Waals surface area contributed by atoms with Crippen LogP contribution in [0.2, 0.25) is 0 Å². The molecule has 0 bridgehead atoms. The van der Waals surface area contributed by atoms with Crippen LogP contribution in [0.25, 0.3) is 10.2 Å². The molecule has 4 rings (SSSR count). The number of fused-ring (bicyclic) bond motifs is 1. The summed E-state index contributed by atoms with van der Waals surface area (Å²) in [6.45, 7) is 1.33. The van der Waals surface area contributed by atoms with Crippen molar-refractivity contribution in [1.29, 1.82) is 0 Å². The molecule has 1 aliphatic heterocycles. The molecule has 0 aliphatic carbocycles. The fourth-order valence-electron chi connectivity index (χ4n) is 3.13. The number of aromatic nitrogens is 1. The highest BCUT2D eigenvalue weighted by atomic mass is 32.2. The Balaban J connectivity index is 1.50. The first kappa shape index (κ1) is 16.5. The Morgan fingerprint density at radius 3 is 2.96 bits per heavy atom. The molecular formula is C19H17FN2OS2. The molecule has 1 saturated heterocycles. The van der Waals surface area contributed by atoms with E-state index < -0.39 is 0 Å². The van der Waals surface area contributed by atoms with E-state index in [1.807, 2.05) is 35.2 Å². The van der Waals surface area contributed by atoms with Crippen LogP contribution in [-0.2, 0) is 0 Å². The summed E-state index contributed by atoms with van der Waals surface area (Å²) in [6.07, 6.45) is 0.764. The van der Waals surface area contributed by atoms with Gasteiger partial charge >= 0.3 is 0 Å². The Morgan fingerprint density at radius 2 is 2.08 bits per heavy atom. The van der Waals surface area contributed by atoms with E-state index in [9.17, 15) is 9.18 Å². The van der Waals surface area contributed by atoms with Crippen LogP contribution >= 0.6 is 23.1 Å². The predicted molar refractivity (Wildman–Crippen MR) is 102 cm³/mol. The van der Waals surface area contributed by atoms with E-state index in [4.69, 9.17) is 0 Å². The number of amides is 1. The van der Waals surface area contributed by atoms with Crippen molar-refractivity contribution in [2.75, 3.05) is 18.8 Å². The molecule has 3 nitrogen and oxygen atoms in total. The maximum absolute atomic E-state index is 14.0. The highest BCUT2D eigenvalue weighted by Crippen LogP contribution is 2.36. The fourth-order valence-corrected chi connectivity index (χ4v) is 5.10. The molecule has 0 radical (unpaired) electrons. The van der Waals surface area contributed by atoms with Crippen LogP contribution in [-0.4, -0.2) is 34.6 Å². The Labute approximate surface area is 153 Å². The normalized spacial score (nSPS) is 18.3. The predicted octanol–water partition coefficient (Wildman–Crippen LogP) is 4.76. The Morgan fingerprint density at radius 1 is 1.20 bits per heavy atom. The number of benzene rings is 2. The van der Waals surface area contributed by atoms with Crippen molar-refractivity contribution >= 4 is 39.2 Å². The second-order valence-electron chi connectivity index (χ2n) is 6.00. The maximum Gasteiger partial charge on any atom is 0.253 e. The molecule has 1 fully saturated rings. The number of nitrogens with zero attached hydrogens (tertiary/aromatic N) is 2. The van der Waals surface area contributed by atoms with Crippen LogP contribution in [0.4, 0.5) is 4.39 Å². The fraction of sp³-hybridized carbons (Fsp3) is 0.263. The second kappa shape index (κ2) is 7.14. The topological polar surface area (TPSA) is 33.2 Å². The number of thioether (sulfide) groups is 1. The van der Waals surface area contributed by atoms with E-state index >= 15 is 0 Å². The average molecular weight is 372 g/mol. The summed E-state index contributed by atoms with van der Waals surface area (Å²) in [7, 11) is 0. The molecule has 0 N–H and O–H groups in total. The molecule has 25 heavy (non-hydrogen) atoms. The zero-order chi connectivity index (χ0) is 17.2. The Kier molecular flexibility index (Phi) is 4.72. The molecular weight excluding hydrogens is 355 g/mol. The van der Waals surface area contributed by atoms with Crippen molar-refractivity contribution in [3.63, 3.8) is 0 Å². The van der Waals surface area contributed by atoms with Gasteiger partial charge in [-0.05, 0) is 30.7 Å². The first-order valence-corrected chi connectivity index (χ1v) is 10.1. The Bertz CT molecular complexity index is 911. The minimum Gasteiger partial charge on any atom is -0.338 e. The number of hydrogen-bond donors (Lipinski definition) is 0. The third-order valence-electron chi connectivity index (χ3n) is 4.46. The van der Waals surface area contributed by atoms with Gasteiger partial charge in [0.1, 0.15) is 5.82 Å². The first-order valence-electron chi connectivity index (χ1n) is 8.21. The van der Waals surface area contributed by atoms with Gasteiger partial charge in [-0.2, -0.15) is 11.8 Å². The van der Waals surface area contributed by atoms with Crippen LogP contribution in [0, 0.1) is 5.82 Å². The average Bonchev–Trinajstić information content (AvgIpc) is 2.97. The monoisotopic (exact) mass is 372 g/mol. The summed E-state index contributed by atoms with van der Waals surface area (Å²) in [4.78, 5) is 19.0. The summed E-state index contributed by atoms with van der Waals surface area (Å²) < 4.78 is 15.1. The number of hydrogen-bond acceptors (Lipinski definition) is 4. The maximum atomic E-state index is 14.0. The lowest BCUT2D eigenvalue weighted by Gasteiger charge is -2.20. The highest BCUT2D eigenvalue weighted by Gasteiger charge is 2.24. The van der Waals surface area contributed by atoms with Crippen LogP contribution in [0.15, 0.2) is 48.0 Å². The molecule has 1 aliphatic rings. The lowest BCUT2D eigenvalue weighted by atomic mass is 10.1. The van der Waals surface area contributed by atoms with Crippen molar-refractivity contribution in [3.05, 3.63) is 64.9 Å². The third kappa shape index (κ3) is 3.41. The molecule has 6 heteroatoms. The van der Waals surface area contributed by atoms with Gasteiger partial charge in [-0.3, -0.25) is 4.79 Å². The van der Waals surface area contributed by atoms with Crippen LogP contribution < -0.4 is 0 Å². The van der Waals surface area contributed by atoms with E-state index in [0.717, 1.165) is 28.0 Å². The number of thiazole rings is 1. The van der Waals surface area contributed by atoms with Crippen molar-refractivity contribution < 1.29 is 9.18 Å². The van der Waals surface area contributed by atoms with Crippen molar-refractivity contribution in [2.45, 2.75) is 11.7 Å².